The summed E-state index contributed by atoms with van der Waals surface area (Å²) in [5, 5.41) is 5.91. The lowest BCUT2D eigenvalue weighted by atomic mass is 9.87. The molecule has 0 aromatic heterocycles. The van der Waals surface area contributed by atoms with E-state index in [2.05, 4.69) is 27.7 Å². The summed E-state index contributed by atoms with van der Waals surface area (Å²) in [6.45, 7) is 3.66. The van der Waals surface area contributed by atoms with Gasteiger partial charge in [-0.25, -0.2) is 4.79 Å². The van der Waals surface area contributed by atoms with Crippen LogP contribution in [0, 0.1) is 0 Å². The Morgan fingerprint density at radius 2 is 2.04 bits per heavy atom. The summed E-state index contributed by atoms with van der Waals surface area (Å²) in [7, 11) is 1.65. The summed E-state index contributed by atoms with van der Waals surface area (Å²) < 4.78 is 0. The number of hydrogen-bond acceptors (Lipinski definition) is 3. The molecule has 2 fully saturated rings. The van der Waals surface area contributed by atoms with Gasteiger partial charge in [-0.2, -0.15) is 0 Å². The number of benzene rings is 1. The number of carbonyl (C=O) groups is 2. The van der Waals surface area contributed by atoms with E-state index in [0.29, 0.717) is 19.5 Å². The average molecular weight is 330 g/mol. The van der Waals surface area contributed by atoms with Crippen LogP contribution in [0.1, 0.15) is 24.8 Å². The Bertz CT molecular complexity index is 592. The lowest BCUT2D eigenvalue weighted by Crippen LogP contribution is -2.62. The number of amides is 3. The lowest BCUT2D eigenvalue weighted by molar-refractivity contribution is -0.125. The highest BCUT2D eigenvalue weighted by molar-refractivity contribution is 5.78. The second kappa shape index (κ2) is 7.21. The Kier molecular flexibility index (Phi) is 5.04. The molecule has 2 saturated heterocycles. The normalized spacial score (nSPS) is 25.2. The molecule has 1 aromatic rings. The molecule has 2 aliphatic rings. The highest BCUT2D eigenvalue weighted by Crippen LogP contribution is 2.25. The van der Waals surface area contributed by atoms with Gasteiger partial charge >= 0.3 is 6.03 Å². The van der Waals surface area contributed by atoms with Gasteiger partial charge in [-0.15, -0.1) is 0 Å². The number of hydrogen-bond donors (Lipinski definition) is 2. The zero-order chi connectivity index (χ0) is 17.0. The summed E-state index contributed by atoms with van der Waals surface area (Å²) in [4.78, 5) is 28.4. The first-order valence-electron chi connectivity index (χ1n) is 8.64. The molecule has 130 valence electrons. The Morgan fingerprint density at radius 1 is 1.25 bits per heavy atom. The molecule has 1 atom stereocenters. The van der Waals surface area contributed by atoms with Crippen LogP contribution in [0.2, 0.25) is 0 Å². The minimum atomic E-state index is -0.340. The first-order valence-corrected chi connectivity index (χ1v) is 8.64. The van der Waals surface area contributed by atoms with Gasteiger partial charge in [0.1, 0.15) is 0 Å². The van der Waals surface area contributed by atoms with Crippen LogP contribution >= 0.6 is 0 Å². The lowest BCUT2D eigenvalue weighted by Gasteiger charge is -2.41. The molecule has 2 aliphatic heterocycles. The molecule has 1 aromatic carbocycles. The van der Waals surface area contributed by atoms with Crippen LogP contribution in [0.3, 0.4) is 0 Å². The molecular weight excluding hydrogens is 304 g/mol. The molecule has 0 radical (unpaired) electrons. The molecule has 6 nitrogen and oxygen atoms in total. The standard InChI is InChI=1S/C18H26N4O2/c1-19-17(24)22-11-10-21(12-15-6-3-2-4-7-15)13-18(14-22)9-5-8-16(23)20-18/h2-4,6-7H,5,8-14H2,1H3,(H,19,24)(H,20,23)/t18-/m1/s1. The Morgan fingerprint density at radius 3 is 2.75 bits per heavy atom. The summed E-state index contributed by atoms with van der Waals surface area (Å²) in [6.07, 6.45) is 2.38. The van der Waals surface area contributed by atoms with Crippen LogP contribution in [-0.2, 0) is 11.3 Å². The fraction of sp³-hybridized carbons (Fsp3) is 0.556. The van der Waals surface area contributed by atoms with E-state index in [0.717, 1.165) is 32.5 Å². The maximum atomic E-state index is 12.2. The monoisotopic (exact) mass is 330 g/mol. The van der Waals surface area contributed by atoms with E-state index >= 15 is 0 Å². The van der Waals surface area contributed by atoms with Crippen molar-refractivity contribution < 1.29 is 9.59 Å². The van der Waals surface area contributed by atoms with Crippen molar-refractivity contribution in [3.8, 4) is 0 Å². The summed E-state index contributed by atoms with van der Waals surface area (Å²) in [5.41, 5.74) is 0.913. The quantitative estimate of drug-likeness (QED) is 0.856. The van der Waals surface area contributed by atoms with Crippen molar-refractivity contribution >= 4 is 11.9 Å². The molecule has 0 aliphatic carbocycles. The fourth-order valence-electron chi connectivity index (χ4n) is 3.82. The first kappa shape index (κ1) is 16.8. The maximum Gasteiger partial charge on any atom is 0.317 e. The van der Waals surface area contributed by atoms with E-state index < -0.39 is 0 Å². The molecule has 0 saturated carbocycles. The molecule has 0 unspecified atom stereocenters. The predicted octanol–water partition coefficient (Wildman–Crippen LogP) is 1.18. The van der Waals surface area contributed by atoms with Crippen LogP contribution in [0.4, 0.5) is 4.79 Å². The molecule has 24 heavy (non-hydrogen) atoms. The van der Waals surface area contributed by atoms with Crippen molar-refractivity contribution in [3.05, 3.63) is 35.9 Å². The predicted molar refractivity (Wildman–Crippen MR) is 92.5 cm³/mol. The third kappa shape index (κ3) is 3.87. The minimum Gasteiger partial charge on any atom is -0.348 e. The number of urea groups is 1. The number of carbonyl (C=O) groups excluding carboxylic acids is 2. The van der Waals surface area contributed by atoms with Gasteiger partial charge in [0, 0.05) is 46.2 Å². The Labute approximate surface area is 143 Å². The van der Waals surface area contributed by atoms with Crippen molar-refractivity contribution in [1.82, 2.24) is 20.4 Å². The molecule has 2 N–H and O–H groups in total. The van der Waals surface area contributed by atoms with E-state index in [9.17, 15) is 9.59 Å². The Balaban J connectivity index is 1.79. The van der Waals surface area contributed by atoms with E-state index in [1.807, 2.05) is 23.1 Å². The van der Waals surface area contributed by atoms with Gasteiger partial charge < -0.3 is 15.5 Å². The number of nitrogens with zero attached hydrogens (tertiary/aromatic N) is 2. The third-order valence-corrected chi connectivity index (χ3v) is 4.92. The first-order chi connectivity index (χ1) is 11.6. The van der Waals surface area contributed by atoms with Gasteiger partial charge in [0.25, 0.3) is 0 Å². The second-order valence-electron chi connectivity index (χ2n) is 6.86. The highest BCUT2D eigenvalue weighted by atomic mass is 16.2. The zero-order valence-corrected chi connectivity index (χ0v) is 14.3. The van der Waals surface area contributed by atoms with Gasteiger partial charge in [0.15, 0.2) is 0 Å². The second-order valence-corrected chi connectivity index (χ2v) is 6.86. The van der Waals surface area contributed by atoms with Crippen LogP contribution < -0.4 is 10.6 Å². The van der Waals surface area contributed by atoms with Crippen LogP contribution in [-0.4, -0.2) is 60.5 Å². The smallest absolute Gasteiger partial charge is 0.317 e. The van der Waals surface area contributed by atoms with Gasteiger partial charge in [0.05, 0.1) is 5.54 Å². The zero-order valence-electron chi connectivity index (χ0n) is 14.3. The molecule has 1 spiro atoms. The number of nitrogens with one attached hydrogen (secondary N) is 2. The topological polar surface area (TPSA) is 64.7 Å². The minimum absolute atomic E-state index is 0.0734. The molecular formula is C18H26N4O2. The van der Waals surface area contributed by atoms with E-state index in [-0.39, 0.29) is 17.5 Å². The van der Waals surface area contributed by atoms with Gasteiger partial charge in [-0.05, 0) is 18.4 Å². The van der Waals surface area contributed by atoms with Crippen molar-refractivity contribution in [2.75, 3.05) is 33.2 Å². The van der Waals surface area contributed by atoms with Crippen LogP contribution in [0.25, 0.3) is 0 Å². The highest BCUT2D eigenvalue weighted by Gasteiger charge is 2.41. The van der Waals surface area contributed by atoms with Crippen molar-refractivity contribution in [3.63, 3.8) is 0 Å². The molecule has 3 rings (SSSR count). The third-order valence-electron chi connectivity index (χ3n) is 4.92. The largest absolute Gasteiger partial charge is 0.348 e. The summed E-state index contributed by atoms with van der Waals surface area (Å²) in [5.74, 6) is 0.0969. The van der Waals surface area contributed by atoms with E-state index in [4.69, 9.17) is 0 Å². The Hall–Kier alpha value is -2.08. The van der Waals surface area contributed by atoms with Crippen molar-refractivity contribution in [2.24, 2.45) is 0 Å². The van der Waals surface area contributed by atoms with Gasteiger partial charge in [-0.3, -0.25) is 9.69 Å². The summed E-state index contributed by atoms with van der Waals surface area (Å²) in [6, 6.07) is 10.3. The molecule has 3 amide bonds. The van der Waals surface area contributed by atoms with Crippen LogP contribution in [0.15, 0.2) is 30.3 Å². The van der Waals surface area contributed by atoms with Crippen molar-refractivity contribution in [1.29, 1.82) is 0 Å². The summed E-state index contributed by atoms with van der Waals surface area (Å²) >= 11 is 0. The molecule has 6 heteroatoms. The van der Waals surface area contributed by atoms with Gasteiger partial charge in [-0.1, -0.05) is 30.3 Å². The average Bonchev–Trinajstić information content (AvgIpc) is 2.74. The number of piperidine rings is 1. The van der Waals surface area contributed by atoms with Crippen LogP contribution in [0.5, 0.6) is 0 Å². The van der Waals surface area contributed by atoms with Crippen molar-refractivity contribution in [2.45, 2.75) is 31.3 Å². The van der Waals surface area contributed by atoms with E-state index in [1.165, 1.54) is 5.56 Å². The fourth-order valence-corrected chi connectivity index (χ4v) is 3.82. The number of rotatable bonds is 2. The maximum absolute atomic E-state index is 12.2. The molecule has 2 heterocycles. The van der Waals surface area contributed by atoms with E-state index in [1.54, 1.807) is 7.05 Å². The molecule has 0 bridgehead atoms. The SMILES string of the molecule is CNC(=O)N1CCN(Cc2ccccc2)C[C@]2(CCCC(=O)N2)C1. The van der Waals surface area contributed by atoms with Gasteiger partial charge in [0.2, 0.25) is 5.91 Å².